The van der Waals surface area contributed by atoms with Crippen LogP contribution in [0.1, 0.15) is 16.8 Å². The van der Waals surface area contributed by atoms with Gasteiger partial charge in [-0.15, -0.1) is 0 Å². The minimum atomic E-state index is -4.76. The number of nitrogens with zero attached hydrogens (tertiary/aromatic N) is 1. The van der Waals surface area contributed by atoms with E-state index in [2.05, 4.69) is 4.98 Å². The molecule has 23 heavy (non-hydrogen) atoms. The van der Waals surface area contributed by atoms with Crippen LogP contribution in [0.25, 0.3) is 11.3 Å². The number of benzene rings is 1. The van der Waals surface area contributed by atoms with E-state index in [-0.39, 0.29) is 34.1 Å². The SMILES string of the molecule is COCc1nc(-c2ccc(C(F)(F)F)c(F)c2C)cc(N)c1Cl. The first-order chi connectivity index (χ1) is 10.7. The molecule has 0 fully saturated rings. The van der Waals surface area contributed by atoms with Crippen LogP contribution in [0.2, 0.25) is 5.02 Å². The number of ether oxygens (including phenoxy) is 1. The average Bonchev–Trinajstić information content (AvgIpc) is 2.45. The molecule has 2 rings (SSSR count). The monoisotopic (exact) mass is 348 g/mol. The quantitative estimate of drug-likeness (QED) is 0.825. The Balaban J connectivity index is 2.62. The largest absolute Gasteiger partial charge is 0.419 e. The average molecular weight is 349 g/mol. The van der Waals surface area contributed by atoms with E-state index in [0.717, 1.165) is 6.07 Å². The Morgan fingerprint density at radius 3 is 2.52 bits per heavy atom. The zero-order chi connectivity index (χ0) is 17.4. The van der Waals surface area contributed by atoms with E-state index in [1.165, 1.54) is 20.1 Å². The molecule has 0 spiro atoms. The highest BCUT2D eigenvalue weighted by atomic mass is 35.5. The Kier molecular flexibility index (Phi) is 4.81. The van der Waals surface area contributed by atoms with Gasteiger partial charge in [0, 0.05) is 12.7 Å². The lowest BCUT2D eigenvalue weighted by molar-refractivity contribution is -0.140. The van der Waals surface area contributed by atoms with Crippen molar-refractivity contribution in [2.75, 3.05) is 12.8 Å². The van der Waals surface area contributed by atoms with Crippen LogP contribution in [0.15, 0.2) is 18.2 Å². The van der Waals surface area contributed by atoms with Gasteiger partial charge in [-0.25, -0.2) is 9.37 Å². The van der Waals surface area contributed by atoms with Crippen molar-refractivity contribution in [2.45, 2.75) is 19.7 Å². The number of halogens is 5. The van der Waals surface area contributed by atoms with Gasteiger partial charge in [0.25, 0.3) is 0 Å². The molecule has 2 N–H and O–H groups in total. The van der Waals surface area contributed by atoms with Gasteiger partial charge in [-0.1, -0.05) is 17.7 Å². The molecule has 1 aromatic heterocycles. The number of anilines is 1. The molecule has 0 amide bonds. The minimum absolute atomic E-state index is 0.0685. The Hall–Kier alpha value is -1.86. The second kappa shape index (κ2) is 6.33. The van der Waals surface area contributed by atoms with Crippen molar-refractivity contribution in [3.8, 4) is 11.3 Å². The number of hydrogen-bond donors (Lipinski definition) is 1. The normalized spacial score (nSPS) is 11.8. The fourth-order valence-electron chi connectivity index (χ4n) is 2.16. The van der Waals surface area contributed by atoms with Crippen LogP contribution in [-0.4, -0.2) is 12.1 Å². The van der Waals surface area contributed by atoms with Gasteiger partial charge in [-0.2, -0.15) is 13.2 Å². The summed E-state index contributed by atoms with van der Waals surface area (Å²) >= 11 is 6.00. The van der Waals surface area contributed by atoms with E-state index in [0.29, 0.717) is 11.8 Å². The maximum absolute atomic E-state index is 14.0. The van der Waals surface area contributed by atoms with Gasteiger partial charge in [0.05, 0.1) is 34.3 Å². The molecular weight excluding hydrogens is 336 g/mol. The number of nitrogen functional groups attached to an aromatic ring is 1. The van der Waals surface area contributed by atoms with Crippen molar-refractivity contribution in [2.24, 2.45) is 0 Å². The van der Waals surface area contributed by atoms with Crippen LogP contribution in [0.4, 0.5) is 23.2 Å². The predicted molar refractivity (Wildman–Crippen MR) is 79.5 cm³/mol. The Labute approximate surface area is 135 Å². The van der Waals surface area contributed by atoms with Gasteiger partial charge < -0.3 is 10.5 Å². The van der Waals surface area contributed by atoms with Gasteiger partial charge in [-0.05, 0) is 24.6 Å². The summed E-state index contributed by atoms with van der Waals surface area (Å²) < 4.78 is 57.2. The third kappa shape index (κ3) is 3.40. The van der Waals surface area contributed by atoms with Crippen molar-refractivity contribution < 1.29 is 22.3 Å². The Morgan fingerprint density at radius 2 is 1.96 bits per heavy atom. The molecule has 1 heterocycles. The summed E-state index contributed by atoms with van der Waals surface area (Å²) in [4.78, 5) is 4.20. The summed E-state index contributed by atoms with van der Waals surface area (Å²) in [5.41, 5.74) is 5.22. The lowest BCUT2D eigenvalue weighted by atomic mass is 10.00. The molecule has 0 atom stereocenters. The molecular formula is C15H13ClF4N2O. The molecule has 0 aliphatic heterocycles. The highest BCUT2D eigenvalue weighted by molar-refractivity contribution is 6.33. The molecule has 124 valence electrons. The first kappa shape index (κ1) is 17.5. The smallest absolute Gasteiger partial charge is 0.397 e. The van der Waals surface area contributed by atoms with Crippen molar-refractivity contribution in [1.29, 1.82) is 0 Å². The number of pyridine rings is 1. The van der Waals surface area contributed by atoms with E-state index in [1.54, 1.807) is 0 Å². The first-order valence-electron chi connectivity index (χ1n) is 6.47. The molecule has 0 radical (unpaired) electrons. The zero-order valence-corrected chi connectivity index (χ0v) is 13.0. The van der Waals surface area contributed by atoms with E-state index in [4.69, 9.17) is 22.1 Å². The van der Waals surface area contributed by atoms with Gasteiger partial charge in [0.1, 0.15) is 5.82 Å². The number of methoxy groups -OCH3 is 1. The number of alkyl halides is 3. The summed E-state index contributed by atoms with van der Waals surface area (Å²) in [6.45, 7) is 1.32. The molecule has 0 saturated heterocycles. The molecule has 0 bridgehead atoms. The standard InChI is InChI=1S/C15H13ClF4N2O/c1-7-8(3-4-9(14(7)17)15(18,19)20)11-5-10(21)13(16)12(22-11)6-23-2/h3-5H,6H2,1-2H3,(H2,21,22). The maximum atomic E-state index is 14.0. The number of nitrogens with two attached hydrogens (primary N) is 1. The molecule has 0 aliphatic rings. The van der Waals surface area contributed by atoms with Gasteiger partial charge in [0.15, 0.2) is 0 Å². The second-order valence-electron chi connectivity index (χ2n) is 4.89. The summed E-state index contributed by atoms with van der Waals surface area (Å²) in [5, 5.41) is 0.195. The van der Waals surface area contributed by atoms with Crippen LogP contribution in [0, 0.1) is 12.7 Å². The fourth-order valence-corrected chi connectivity index (χ4v) is 2.31. The fraction of sp³-hybridized carbons (Fsp3) is 0.267. The Bertz CT molecular complexity index is 747. The summed E-state index contributed by atoms with van der Waals surface area (Å²) in [6.07, 6.45) is -4.76. The van der Waals surface area contributed by atoms with Crippen LogP contribution >= 0.6 is 11.6 Å². The highest BCUT2D eigenvalue weighted by Gasteiger charge is 2.35. The third-order valence-corrected chi connectivity index (χ3v) is 3.74. The van der Waals surface area contributed by atoms with Crippen molar-refractivity contribution in [1.82, 2.24) is 4.98 Å². The van der Waals surface area contributed by atoms with E-state index in [1.807, 2.05) is 0 Å². The van der Waals surface area contributed by atoms with Crippen molar-refractivity contribution in [3.05, 3.63) is 45.9 Å². The molecule has 0 unspecified atom stereocenters. The molecule has 0 saturated carbocycles. The van der Waals surface area contributed by atoms with E-state index >= 15 is 0 Å². The van der Waals surface area contributed by atoms with Crippen LogP contribution in [0.5, 0.6) is 0 Å². The van der Waals surface area contributed by atoms with Gasteiger partial charge >= 0.3 is 6.18 Å². The van der Waals surface area contributed by atoms with E-state index < -0.39 is 17.6 Å². The summed E-state index contributed by atoms with van der Waals surface area (Å²) in [6, 6.07) is 3.23. The number of hydrogen-bond acceptors (Lipinski definition) is 3. The lowest BCUT2D eigenvalue weighted by Gasteiger charge is -2.14. The zero-order valence-electron chi connectivity index (χ0n) is 12.3. The molecule has 0 aliphatic carbocycles. The summed E-state index contributed by atoms with van der Waals surface area (Å²) in [5.74, 6) is -1.33. The maximum Gasteiger partial charge on any atom is 0.419 e. The Morgan fingerprint density at radius 1 is 1.30 bits per heavy atom. The minimum Gasteiger partial charge on any atom is -0.397 e. The third-order valence-electron chi connectivity index (χ3n) is 3.30. The predicted octanol–water partition coefficient (Wildman–Crippen LogP) is 4.60. The van der Waals surface area contributed by atoms with E-state index in [9.17, 15) is 17.6 Å². The van der Waals surface area contributed by atoms with Crippen LogP contribution < -0.4 is 5.73 Å². The van der Waals surface area contributed by atoms with Crippen molar-refractivity contribution >= 4 is 17.3 Å². The molecule has 1 aromatic carbocycles. The van der Waals surface area contributed by atoms with Crippen LogP contribution in [-0.2, 0) is 17.5 Å². The van der Waals surface area contributed by atoms with Gasteiger partial charge in [-0.3, -0.25) is 0 Å². The molecule has 3 nitrogen and oxygen atoms in total. The lowest BCUT2D eigenvalue weighted by Crippen LogP contribution is -2.10. The first-order valence-corrected chi connectivity index (χ1v) is 6.85. The van der Waals surface area contributed by atoms with Gasteiger partial charge in [0.2, 0.25) is 0 Å². The molecule has 8 heteroatoms. The highest BCUT2D eigenvalue weighted by Crippen LogP contribution is 2.36. The van der Waals surface area contributed by atoms with Crippen molar-refractivity contribution in [3.63, 3.8) is 0 Å². The number of rotatable bonds is 3. The topological polar surface area (TPSA) is 48.1 Å². The van der Waals surface area contributed by atoms with Crippen LogP contribution in [0.3, 0.4) is 0 Å². The second-order valence-corrected chi connectivity index (χ2v) is 5.27. The number of aromatic nitrogens is 1. The molecule has 2 aromatic rings. The summed E-state index contributed by atoms with van der Waals surface area (Å²) in [7, 11) is 1.43.